The maximum Gasteiger partial charge on any atom is 0.247 e. The average Bonchev–Trinajstić information content (AvgIpc) is 3.13. The number of rotatable bonds is 6. The monoisotopic (exact) mass is 390 g/mol. The highest BCUT2D eigenvalue weighted by Gasteiger charge is 2.36. The van der Waals surface area contributed by atoms with E-state index in [2.05, 4.69) is 5.10 Å². The highest BCUT2D eigenvalue weighted by molar-refractivity contribution is 7.88. The van der Waals surface area contributed by atoms with Crippen LogP contribution in [0.1, 0.15) is 23.6 Å². The molecule has 0 N–H and O–H groups in total. The van der Waals surface area contributed by atoms with Gasteiger partial charge in [0.05, 0.1) is 39.3 Å². The summed E-state index contributed by atoms with van der Waals surface area (Å²) in [6, 6.07) is 12.2. The predicted molar refractivity (Wildman–Crippen MR) is 103 cm³/mol. The molecule has 0 saturated heterocycles. The van der Waals surface area contributed by atoms with Crippen molar-refractivity contribution in [1.82, 2.24) is 4.41 Å². The van der Waals surface area contributed by atoms with Crippen LogP contribution in [-0.4, -0.2) is 46.1 Å². The van der Waals surface area contributed by atoms with Gasteiger partial charge < -0.3 is 14.2 Å². The van der Waals surface area contributed by atoms with Crippen molar-refractivity contribution in [3.63, 3.8) is 0 Å². The Morgan fingerprint density at radius 3 is 2.15 bits per heavy atom. The number of hydrogen-bond acceptors (Lipinski definition) is 6. The molecule has 0 bridgehead atoms. The molecule has 1 atom stereocenters. The number of benzene rings is 2. The van der Waals surface area contributed by atoms with Crippen LogP contribution in [0.5, 0.6) is 17.2 Å². The molecular weight excluding hydrogens is 368 g/mol. The number of methoxy groups -OCH3 is 3. The highest BCUT2D eigenvalue weighted by atomic mass is 32.2. The molecule has 0 radical (unpaired) electrons. The van der Waals surface area contributed by atoms with E-state index < -0.39 is 16.1 Å². The van der Waals surface area contributed by atoms with E-state index in [0.717, 1.165) is 22.0 Å². The summed E-state index contributed by atoms with van der Waals surface area (Å²) in [5, 5.41) is 4.40. The van der Waals surface area contributed by atoms with Gasteiger partial charge in [-0.2, -0.15) is 9.52 Å². The first-order chi connectivity index (χ1) is 12.9. The van der Waals surface area contributed by atoms with Crippen LogP contribution < -0.4 is 14.2 Å². The van der Waals surface area contributed by atoms with E-state index in [-0.39, 0.29) is 0 Å². The van der Waals surface area contributed by atoms with Crippen LogP contribution >= 0.6 is 0 Å². The maximum atomic E-state index is 12.4. The first-order valence-corrected chi connectivity index (χ1v) is 10.2. The van der Waals surface area contributed by atoms with Crippen molar-refractivity contribution in [3.8, 4) is 17.2 Å². The lowest BCUT2D eigenvalue weighted by atomic mass is 9.98. The minimum atomic E-state index is -3.57. The average molecular weight is 390 g/mol. The van der Waals surface area contributed by atoms with Gasteiger partial charge >= 0.3 is 0 Å². The zero-order valence-corrected chi connectivity index (χ0v) is 16.5. The molecule has 1 aliphatic heterocycles. The zero-order valence-electron chi connectivity index (χ0n) is 15.7. The minimum Gasteiger partial charge on any atom is -0.497 e. The second kappa shape index (κ2) is 7.48. The molecule has 27 heavy (non-hydrogen) atoms. The molecule has 0 fully saturated rings. The molecule has 144 valence electrons. The highest BCUT2D eigenvalue weighted by Crippen LogP contribution is 2.40. The summed E-state index contributed by atoms with van der Waals surface area (Å²) in [5.74, 6) is 1.93. The van der Waals surface area contributed by atoms with Gasteiger partial charge in [0.25, 0.3) is 0 Å². The zero-order chi connectivity index (χ0) is 19.6. The Bertz CT molecular complexity index is 955. The third-order valence-electron chi connectivity index (χ3n) is 4.43. The summed E-state index contributed by atoms with van der Waals surface area (Å²) in [6.45, 7) is 0. The molecule has 8 heteroatoms. The molecule has 1 aliphatic rings. The van der Waals surface area contributed by atoms with Crippen LogP contribution in [0.3, 0.4) is 0 Å². The van der Waals surface area contributed by atoms with Crippen molar-refractivity contribution in [2.24, 2.45) is 5.10 Å². The summed E-state index contributed by atoms with van der Waals surface area (Å²) in [7, 11) is 1.14. The van der Waals surface area contributed by atoms with Crippen LogP contribution in [0.15, 0.2) is 47.6 Å². The molecule has 0 unspecified atom stereocenters. The van der Waals surface area contributed by atoms with Crippen LogP contribution in [0, 0.1) is 0 Å². The SMILES string of the molecule is COc1ccc(C2=NN(S(C)(=O)=O)[C@@H](c3cc(OC)ccc3OC)C2)cc1. The first-order valence-electron chi connectivity index (χ1n) is 8.30. The van der Waals surface area contributed by atoms with E-state index in [0.29, 0.717) is 29.2 Å². The standard InChI is InChI=1S/C19H22N2O5S/c1-24-14-7-5-13(6-8-14)17-12-18(21(20-17)27(4,22)23)16-11-15(25-2)9-10-19(16)26-3/h5-11,18H,12H2,1-4H3/t18-/m1/s1. The molecule has 1 heterocycles. The van der Waals surface area contributed by atoms with Gasteiger partial charge in [-0.15, -0.1) is 0 Å². The topological polar surface area (TPSA) is 77.4 Å². The molecule has 0 aromatic heterocycles. The molecule has 7 nitrogen and oxygen atoms in total. The summed E-state index contributed by atoms with van der Waals surface area (Å²) in [6.07, 6.45) is 1.57. The van der Waals surface area contributed by atoms with E-state index in [1.54, 1.807) is 39.5 Å². The Morgan fingerprint density at radius 1 is 0.963 bits per heavy atom. The van der Waals surface area contributed by atoms with E-state index >= 15 is 0 Å². The van der Waals surface area contributed by atoms with Gasteiger partial charge in [0.1, 0.15) is 17.2 Å². The number of hydrazone groups is 1. The lowest BCUT2D eigenvalue weighted by Crippen LogP contribution is -2.26. The van der Waals surface area contributed by atoms with Gasteiger partial charge in [0, 0.05) is 12.0 Å². The van der Waals surface area contributed by atoms with E-state index in [1.807, 2.05) is 24.3 Å². The minimum absolute atomic E-state index is 0.420. The third kappa shape index (κ3) is 3.85. The predicted octanol–water partition coefficient (Wildman–Crippen LogP) is 2.82. The maximum absolute atomic E-state index is 12.4. The van der Waals surface area contributed by atoms with Crippen molar-refractivity contribution in [2.45, 2.75) is 12.5 Å². The Hall–Kier alpha value is -2.74. The van der Waals surface area contributed by atoms with Gasteiger partial charge in [0.15, 0.2) is 0 Å². The van der Waals surface area contributed by atoms with Crippen LogP contribution in [0.2, 0.25) is 0 Å². The second-order valence-electron chi connectivity index (χ2n) is 6.14. The van der Waals surface area contributed by atoms with Gasteiger partial charge in [-0.3, -0.25) is 0 Å². The molecule has 2 aromatic rings. The van der Waals surface area contributed by atoms with E-state index in [1.165, 1.54) is 0 Å². The number of hydrogen-bond donors (Lipinski definition) is 0. The van der Waals surface area contributed by atoms with Crippen LogP contribution in [0.4, 0.5) is 0 Å². The van der Waals surface area contributed by atoms with Gasteiger partial charge in [0.2, 0.25) is 10.0 Å². The fraction of sp³-hybridized carbons (Fsp3) is 0.316. The van der Waals surface area contributed by atoms with E-state index in [9.17, 15) is 8.42 Å². The molecule has 0 spiro atoms. The fourth-order valence-corrected chi connectivity index (χ4v) is 3.98. The van der Waals surface area contributed by atoms with Crippen LogP contribution in [-0.2, 0) is 10.0 Å². The number of ether oxygens (including phenoxy) is 3. The van der Waals surface area contributed by atoms with Crippen molar-refractivity contribution in [3.05, 3.63) is 53.6 Å². The Morgan fingerprint density at radius 2 is 1.59 bits per heavy atom. The van der Waals surface area contributed by atoms with Gasteiger partial charge in [-0.25, -0.2) is 8.42 Å². The third-order valence-corrected chi connectivity index (χ3v) is 5.45. The Balaban J connectivity index is 2.04. The second-order valence-corrected chi connectivity index (χ2v) is 7.98. The summed E-state index contributed by atoms with van der Waals surface area (Å²) in [5.41, 5.74) is 2.22. The lowest BCUT2D eigenvalue weighted by molar-refractivity contribution is 0.348. The summed E-state index contributed by atoms with van der Waals surface area (Å²) >= 11 is 0. The molecule has 0 amide bonds. The van der Waals surface area contributed by atoms with Crippen molar-refractivity contribution in [2.75, 3.05) is 27.6 Å². The summed E-state index contributed by atoms with van der Waals surface area (Å²) < 4.78 is 41.8. The van der Waals surface area contributed by atoms with Gasteiger partial charge in [-0.05, 0) is 48.0 Å². The van der Waals surface area contributed by atoms with Crippen molar-refractivity contribution >= 4 is 15.7 Å². The van der Waals surface area contributed by atoms with Crippen LogP contribution in [0.25, 0.3) is 0 Å². The smallest absolute Gasteiger partial charge is 0.247 e. The molecule has 0 aliphatic carbocycles. The Kier molecular flexibility index (Phi) is 5.27. The molecule has 2 aromatic carbocycles. The number of nitrogens with zero attached hydrogens (tertiary/aromatic N) is 2. The first kappa shape index (κ1) is 19.0. The van der Waals surface area contributed by atoms with Gasteiger partial charge in [-0.1, -0.05) is 0 Å². The van der Waals surface area contributed by atoms with Crippen molar-refractivity contribution < 1.29 is 22.6 Å². The lowest BCUT2D eigenvalue weighted by Gasteiger charge is -2.23. The number of sulfonamides is 1. The molecule has 0 saturated carbocycles. The molecule has 3 rings (SSSR count). The molecular formula is C19H22N2O5S. The normalized spacial score (nSPS) is 16.8. The Labute approximate surface area is 159 Å². The van der Waals surface area contributed by atoms with E-state index in [4.69, 9.17) is 14.2 Å². The quantitative estimate of drug-likeness (QED) is 0.758. The largest absolute Gasteiger partial charge is 0.497 e. The van der Waals surface area contributed by atoms with Crippen molar-refractivity contribution in [1.29, 1.82) is 0 Å². The summed E-state index contributed by atoms with van der Waals surface area (Å²) in [4.78, 5) is 0. The fourth-order valence-electron chi connectivity index (χ4n) is 3.08.